The van der Waals surface area contributed by atoms with Crippen LogP contribution in [0.4, 0.5) is 0 Å². The molecule has 184 valence electrons. The Hall–Kier alpha value is -2.77. The van der Waals surface area contributed by atoms with E-state index in [1.807, 2.05) is 29.8 Å². The van der Waals surface area contributed by atoms with E-state index < -0.39 is 0 Å². The van der Waals surface area contributed by atoms with E-state index in [0.29, 0.717) is 17.8 Å². The van der Waals surface area contributed by atoms with Crippen LogP contribution in [0.2, 0.25) is 0 Å². The number of aryl methyl sites for hydroxylation is 1. The van der Waals surface area contributed by atoms with E-state index in [9.17, 15) is 4.79 Å². The maximum absolute atomic E-state index is 12.2. The molecular weight excluding hydrogens is 456 g/mol. The average molecular weight is 491 g/mol. The van der Waals surface area contributed by atoms with Crippen molar-refractivity contribution in [1.82, 2.24) is 20.4 Å². The first-order chi connectivity index (χ1) is 17.1. The fourth-order valence-electron chi connectivity index (χ4n) is 5.29. The van der Waals surface area contributed by atoms with Crippen LogP contribution < -0.4 is 5.32 Å². The van der Waals surface area contributed by atoms with Gasteiger partial charge in [-0.2, -0.15) is 16.3 Å². The first-order valence-corrected chi connectivity index (χ1v) is 13.7. The van der Waals surface area contributed by atoms with Gasteiger partial charge in [-0.1, -0.05) is 11.2 Å². The molecule has 0 radical (unpaired) electrons. The predicted octanol–water partition coefficient (Wildman–Crippen LogP) is 5.29. The molecule has 3 heterocycles. The highest BCUT2D eigenvalue weighted by Gasteiger charge is 2.23. The Kier molecular flexibility index (Phi) is 7.74. The van der Waals surface area contributed by atoms with Crippen molar-refractivity contribution in [1.29, 1.82) is 0 Å². The first kappa shape index (κ1) is 23.9. The van der Waals surface area contributed by atoms with Crippen molar-refractivity contribution < 1.29 is 9.32 Å². The largest absolute Gasteiger partial charge is 0.350 e. The third kappa shape index (κ3) is 6.47. The Labute approximate surface area is 211 Å². The number of carbonyl (C=O) groups excluding carboxylic acids is 1. The molecule has 1 amide bonds. The van der Waals surface area contributed by atoms with Crippen LogP contribution in [0.15, 0.2) is 45.6 Å². The minimum atomic E-state index is 0.0289. The lowest BCUT2D eigenvalue weighted by Crippen LogP contribution is -2.37. The van der Waals surface area contributed by atoms with Crippen molar-refractivity contribution in [2.45, 2.75) is 57.9 Å². The first-order valence-electron chi connectivity index (χ1n) is 12.8. The lowest BCUT2D eigenvalue weighted by Gasteiger charge is -2.30. The van der Waals surface area contributed by atoms with Crippen LogP contribution in [0.3, 0.4) is 0 Å². The molecule has 1 aliphatic heterocycles. The van der Waals surface area contributed by atoms with E-state index in [1.165, 1.54) is 30.4 Å². The number of benzene rings is 1. The fraction of sp³-hybridized carbons (Fsp3) is 0.464. The molecule has 7 heteroatoms. The number of amides is 1. The van der Waals surface area contributed by atoms with Crippen molar-refractivity contribution in [3.8, 4) is 11.5 Å². The Balaban J connectivity index is 1.04. The van der Waals surface area contributed by atoms with Crippen LogP contribution in [-0.2, 0) is 17.6 Å². The maximum atomic E-state index is 12.2. The maximum Gasteiger partial charge on any atom is 0.257 e. The van der Waals surface area contributed by atoms with Gasteiger partial charge in [0.1, 0.15) is 0 Å². The molecule has 1 fully saturated rings. The number of hydrogen-bond donors (Lipinski definition) is 1. The van der Waals surface area contributed by atoms with Crippen LogP contribution in [0, 0.1) is 12.8 Å². The van der Waals surface area contributed by atoms with Gasteiger partial charge in [0.2, 0.25) is 5.91 Å². The zero-order valence-corrected chi connectivity index (χ0v) is 21.2. The Morgan fingerprint density at radius 1 is 1.17 bits per heavy atom. The van der Waals surface area contributed by atoms with Crippen LogP contribution in [-0.4, -0.2) is 46.6 Å². The van der Waals surface area contributed by atoms with Crippen LogP contribution >= 0.6 is 11.3 Å². The molecule has 2 aromatic heterocycles. The summed E-state index contributed by atoms with van der Waals surface area (Å²) in [6, 6.07) is 8.92. The standard InChI is InChI=1S/C28H34N4O2S/c1-20-29-28(34-31-20)25-6-5-23-11-15-32(16-12-24(23)18-25)14-10-21-2-7-26(8-3-21)30-27(33)9-4-22-13-17-35-19-22/h4-6,9,13,17-19,21,26H,2-3,7-8,10-12,14-16H2,1H3,(H,30,33)/b9-4+. The summed E-state index contributed by atoms with van der Waals surface area (Å²) < 4.78 is 5.36. The van der Waals surface area contributed by atoms with Crippen LogP contribution in [0.25, 0.3) is 17.5 Å². The number of thiophene rings is 1. The van der Waals surface area contributed by atoms with Crippen molar-refractivity contribution in [2.24, 2.45) is 5.92 Å². The second-order valence-corrected chi connectivity index (χ2v) is 10.7. The summed E-state index contributed by atoms with van der Waals surface area (Å²) in [5, 5.41) is 11.2. The number of nitrogens with zero attached hydrogens (tertiary/aromatic N) is 3. The van der Waals surface area contributed by atoms with Gasteiger partial charge in [0, 0.05) is 30.8 Å². The number of carbonyl (C=O) groups is 1. The van der Waals surface area contributed by atoms with E-state index in [1.54, 1.807) is 17.4 Å². The molecule has 1 aliphatic carbocycles. The summed E-state index contributed by atoms with van der Waals surface area (Å²) in [4.78, 5) is 19.2. The molecule has 0 unspecified atom stereocenters. The molecule has 2 aliphatic rings. The molecule has 0 bridgehead atoms. The Morgan fingerprint density at radius 3 is 2.74 bits per heavy atom. The van der Waals surface area contributed by atoms with E-state index in [-0.39, 0.29) is 5.91 Å². The number of nitrogens with one attached hydrogen (secondary N) is 1. The lowest BCUT2D eigenvalue weighted by atomic mass is 9.84. The quantitative estimate of drug-likeness (QED) is 0.456. The van der Waals surface area contributed by atoms with Gasteiger partial charge in [-0.3, -0.25) is 4.79 Å². The predicted molar refractivity (Wildman–Crippen MR) is 140 cm³/mol. The monoisotopic (exact) mass is 490 g/mol. The third-order valence-corrected chi connectivity index (χ3v) is 8.09. The minimum Gasteiger partial charge on any atom is -0.350 e. The molecule has 0 spiro atoms. The summed E-state index contributed by atoms with van der Waals surface area (Å²) in [7, 11) is 0. The molecule has 0 saturated heterocycles. The minimum absolute atomic E-state index is 0.0289. The van der Waals surface area contributed by atoms with Gasteiger partial charge in [-0.05, 0) is 116 Å². The normalized spacial score (nSPS) is 21.1. The van der Waals surface area contributed by atoms with Gasteiger partial charge < -0.3 is 14.7 Å². The van der Waals surface area contributed by atoms with Crippen LogP contribution in [0.5, 0.6) is 0 Å². The van der Waals surface area contributed by atoms with Crippen molar-refractivity contribution >= 4 is 23.3 Å². The topological polar surface area (TPSA) is 71.3 Å². The van der Waals surface area contributed by atoms with E-state index in [4.69, 9.17) is 4.52 Å². The molecule has 1 saturated carbocycles. The van der Waals surface area contributed by atoms with Crippen molar-refractivity contribution in [2.75, 3.05) is 19.6 Å². The number of aromatic nitrogens is 2. The van der Waals surface area contributed by atoms with Crippen molar-refractivity contribution in [3.05, 3.63) is 63.6 Å². The average Bonchev–Trinajstić information content (AvgIpc) is 3.51. The van der Waals surface area contributed by atoms with Gasteiger partial charge in [-0.25, -0.2) is 0 Å². The Morgan fingerprint density at radius 2 is 2.00 bits per heavy atom. The summed E-state index contributed by atoms with van der Waals surface area (Å²) >= 11 is 1.65. The molecule has 5 rings (SSSR count). The van der Waals surface area contributed by atoms with Crippen LogP contribution in [0.1, 0.15) is 54.6 Å². The molecular formula is C28H34N4O2S. The summed E-state index contributed by atoms with van der Waals surface area (Å²) in [6.45, 7) is 5.23. The fourth-order valence-corrected chi connectivity index (χ4v) is 5.92. The molecule has 1 N–H and O–H groups in total. The summed E-state index contributed by atoms with van der Waals surface area (Å²) in [6.07, 6.45) is 11.6. The number of fused-ring (bicyclic) bond motifs is 1. The van der Waals surface area contributed by atoms with Gasteiger partial charge in [0.15, 0.2) is 5.82 Å². The van der Waals surface area contributed by atoms with Gasteiger partial charge >= 0.3 is 0 Å². The molecule has 35 heavy (non-hydrogen) atoms. The molecule has 0 atom stereocenters. The number of hydrogen-bond acceptors (Lipinski definition) is 6. The number of rotatable bonds is 7. The highest BCUT2D eigenvalue weighted by atomic mass is 32.1. The zero-order chi connectivity index (χ0) is 24.0. The second kappa shape index (κ2) is 11.3. The van der Waals surface area contributed by atoms with Gasteiger partial charge in [0.25, 0.3) is 5.89 Å². The Bertz CT molecular complexity index is 1150. The van der Waals surface area contributed by atoms with E-state index in [0.717, 1.165) is 62.4 Å². The van der Waals surface area contributed by atoms with Crippen molar-refractivity contribution in [3.63, 3.8) is 0 Å². The molecule has 3 aromatic rings. The third-order valence-electron chi connectivity index (χ3n) is 7.39. The zero-order valence-electron chi connectivity index (χ0n) is 20.4. The molecule has 1 aromatic carbocycles. The summed E-state index contributed by atoms with van der Waals surface area (Å²) in [5.41, 5.74) is 4.96. The van der Waals surface area contributed by atoms with E-state index in [2.05, 4.69) is 38.6 Å². The van der Waals surface area contributed by atoms with E-state index >= 15 is 0 Å². The second-order valence-electron chi connectivity index (χ2n) is 9.88. The van der Waals surface area contributed by atoms with Gasteiger partial charge in [0.05, 0.1) is 0 Å². The smallest absolute Gasteiger partial charge is 0.257 e. The molecule has 6 nitrogen and oxygen atoms in total. The highest BCUT2D eigenvalue weighted by molar-refractivity contribution is 7.08. The highest BCUT2D eigenvalue weighted by Crippen LogP contribution is 2.28. The van der Waals surface area contributed by atoms with Gasteiger partial charge in [-0.15, -0.1) is 0 Å². The SMILES string of the molecule is Cc1noc(-c2ccc3c(c2)CCN(CCC2CCC(NC(=O)/C=C/c4ccsc4)CC2)CC3)n1. The summed E-state index contributed by atoms with van der Waals surface area (Å²) in [5.74, 6) is 2.07. The lowest BCUT2D eigenvalue weighted by molar-refractivity contribution is -0.117.